The molecule has 2 unspecified atom stereocenters. The van der Waals surface area contributed by atoms with Crippen LogP contribution in [0.5, 0.6) is 0 Å². The standard InChI is InChI=1S/2C11H17.C7H8Si.2ClH.Zr/c2*1-8-6-9(2)10(7-8)11(3,4)5;1-8-7-5-3-2-4-6-7;;;/h2*7-8H,1-5H3;2-6H,1H3;2*1H;/q;;;;;+2/p-2. The Labute approximate surface area is 224 Å². The molecule has 0 aromatic heterocycles. The molecule has 0 saturated heterocycles. The molecule has 2 aliphatic carbocycles. The Hall–Kier alpha value is -0.140. The number of benzene rings is 1. The van der Waals surface area contributed by atoms with E-state index in [9.17, 15) is 0 Å². The van der Waals surface area contributed by atoms with E-state index in [4.69, 9.17) is 0 Å². The third-order valence-electron chi connectivity index (χ3n) is 7.10. The van der Waals surface area contributed by atoms with E-state index < -0.39 is 25.8 Å². The molecule has 1 aromatic carbocycles. The van der Waals surface area contributed by atoms with Gasteiger partial charge in [0.25, 0.3) is 0 Å². The summed E-state index contributed by atoms with van der Waals surface area (Å²) in [4.78, 5) is 0. The van der Waals surface area contributed by atoms with Crippen LogP contribution < -0.4 is 30.0 Å². The molecule has 2 atom stereocenters. The van der Waals surface area contributed by atoms with Crippen molar-refractivity contribution in [2.45, 2.75) is 75.8 Å². The first-order valence-corrected chi connectivity index (χ1v) is 20.0. The molecule has 0 amide bonds. The predicted molar refractivity (Wildman–Crippen MR) is 136 cm³/mol. The van der Waals surface area contributed by atoms with Gasteiger partial charge < -0.3 is 24.8 Å². The van der Waals surface area contributed by atoms with Gasteiger partial charge in [-0.3, -0.25) is 0 Å². The molecule has 0 fully saturated rings. The fraction of sp³-hybridized carbons (Fsp3) is 0.517. The van der Waals surface area contributed by atoms with E-state index in [1.165, 1.54) is 0 Å². The van der Waals surface area contributed by atoms with E-state index in [2.05, 4.69) is 118 Å². The second-order valence-electron chi connectivity index (χ2n) is 11.7. The SMILES string of the molecule is CC1=[C]([Zr+2]([C]2=C(C)C(C(C)(C)C)=CC2C)=[Si](C)c2ccccc2)C(C)C=C1C(C)(C)C.[Cl-].[Cl-]. The largest absolute Gasteiger partial charge is 1.00 e. The van der Waals surface area contributed by atoms with E-state index in [0.29, 0.717) is 11.8 Å². The summed E-state index contributed by atoms with van der Waals surface area (Å²) in [6, 6.07) is 11.5. The zero-order chi connectivity index (χ0) is 23.3. The molecule has 0 radical (unpaired) electrons. The topological polar surface area (TPSA) is 0 Å². The molecule has 4 heteroatoms. The van der Waals surface area contributed by atoms with Crippen molar-refractivity contribution in [1.82, 2.24) is 0 Å². The maximum atomic E-state index is 2.64. The Morgan fingerprint density at radius 1 is 0.697 bits per heavy atom. The van der Waals surface area contributed by atoms with Crippen LogP contribution in [0.1, 0.15) is 69.2 Å². The van der Waals surface area contributed by atoms with Crippen molar-refractivity contribution in [2.75, 3.05) is 0 Å². The smallest absolute Gasteiger partial charge is 1.00 e. The van der Waals surface area contributed by atoms with Crippen molar-refractivity contribution >= 4 is 10.6 Å². The molecule has 0 nitrogen and oxygen atoms in total. The molecular formula is C29H42Cl2SiZr. The molecule has 33 heavy (non-hydrogen) atoms. The molecule has 0 aliphatic heterocycles. The Morgan fingerprint density at radius 3 is 1.36 bits per heavy atom. The van der Waals surface area contributed by atoms with Gasteiger partial charge >= 0.3 is 201 Å². The van der Waals surface area contributed by atoms with Crippen LogP contribution in [0.2, 0.25) is 6.55 Å². The molecule has 3 rings (SSSR count). The molecule has 0 spiro atoms. The van der Waals surface area contributed by atoms with Gasteiger partial charge in [-0.25, -0.2) is 0 Å². The summed E-state index contributed by atoms with van der Waals surface area (Å²) in [5.74, 6) is 1.19. The Kier molecular flexibility index (Phi) is 10.6. The monoisotopic (exact) mass is 578 g/mol. The van der Waals surface area contributed by atoms with Crippen LogP contribution in [0.4, 0.5) is 0 Å². The van der Waals surface area contributed by atoms with Gasteiger partial charge in [0, 0.05) is 0 Å². The first kappa shape index (κ1) is 30.9. The van der Waals surface area contributed by atoms with Gasteiger partial charge in [0.05, 0.1) is 0 Å². The Bertz CT molecular complexity index is 981. The number of halogens is 2. The van der Waals surface area contributed by atoms with Gasteiger partial charge in [0.1, 0.15) is 0 Å². The number of rotatable bonds is 3. The molecule has 180 valence electrons. The average Bonchev–Trinajstić information content (AvgIpc) is 3.13. The molecule has 0 N–H and O–H groups in total. The van der Waals surface area contributed by atoms with E-state index in [0.717, 1.165) is 0 Å². The molecule has 2 aliphatic rings. The summed E-state index contributed by atoms with van der Waals surface area (Å²) >= 11 is -2.14. The van der Waals surface area contributed by atoms with Crippen molar-refractivity contribution in [3.05, 3.63) is 71.3 Å². The van der Waals surface area contributed by atoms with Crippen molar-refractivity contribution < 1.29 is 45.2 Å². The number of hydrogen-bond acceptors (Lipinski definition) is 0. The minimum atomic E-state index is -2.14. The Morgan fingerprint density at radius 2 is 1.06 bits per heavy atom. The minimum absolute atomic E-state index is 0. The second kappa shape index (κ2) is 11.3. The van der Waals surface area contributed by atoms with Crippen LogP contribution in [-0.2, 0) is 20.4 Å². The molecule has 0 saturated carbocycles. The van der Waals surface area contributed by atoms with Gasteiger partial charge in [-0.15, -0.1) is 0 Å². The summed E-state index contributed by atoms with van der Waals surface area (Å²) in [7, 11) is 0. The Balaban J connectivity index is 0.00000272. The van der Waals surface area contributed by atoms with Gasteiger partial charge in [-0.1, -0.05) is 0 Å². The summed E-state index contributed by atoms with van der Waals surface area (Å²) in [6.45, 7) is 26.8. The van der Waals surface area contributed by atoms with E-state index in [-0.39, 0.29) is 35.6 Å². The van der Waals surface area contributed by atoms with Gasteiger partial charge in [0.2, 0.25) is 0 Å². The average molecular weight is 581 g/mol. The zero-order valence-corrected chi connectivity index (χ0v) is 27.4. The summed E-state index contributed by atoms with van der Waals surface area (Å²) in [6.07, 6.45) is 5.22. The molecular weight excluding hydrogens is 539 g/mol. The van der Waals surface area contributed by atoms with Crippen LogP contribution >= 0.6 is 0 Å². The van der Waals surface area contributed by atoms with Crippen molar-refractivity contribution in [1.29, 1.82) is 0 Å². The van der Waals surface area contributed by atoms with E-state index in [1.54, 1.807) is 27.5 Å². The first-order chi connectivity index (χ1) is 14.2. The summed E-state index contributed by atoms with van der Waals surface area (Å²) in [5.41, 5.74) is 6.31. The summed E-state index contributed by atoms with van der Waals surface area (Å²) in [5, 5.41) is 1.63. The third-order valence-corrected chi connectivity index (χ3v) is 26.6. The van der Waals surface area contributed by atoms with Crippen LogP contribution in [0.25, 0.3) is 0 Å². The van der Waals surface area contributed by atoms with Crippen molar-refractivity contribution in [2.24, 2.45) is 22.7 Å². The van der Waals surface area contributed by atoms with Crippen LogP contribution in [0, 0.1) is 22.7 Å². The van der Waals surface area contributed by atoms with Crippen molar-refractivity contribution in [3.8, 4) is 0 Å². The predicted octanol–water partition coefficient (Wildman–Crippen LogP) is 1.93. The van der Waals surface area contributed by atoms with Crippen LogP contribution in [-0.4, -0.2) is 5.43 Å². The summed E-state index contributed by atoms with van der Waals surface area (Å²) < 4.78 is 3.77. The maximum absolute atomic E-state index is 2.64. The number of hydrogen-bond donors (Lipinski definition) is 0. The van der Waals surface area contributed by atoms with Crippen LogP contribution in [0.3, 0.4) is 0 Å². The molecule has 0 heterocycles. The minimum Gasteiger partial charge on any atom is -1.00 e. The fourth-order valence-electron chi connectivity index (χ4n) is 5.73. The van der Waals surface area contributed by atoms with Gasteiger partial charge in [-0.05, 0) is 0 Å². The normalized spacial score (nSPS) is 20.5. The zero-order valence-electron chi connectivity index (χ0n) is 22.5. The first-order valence-electron chi connectivity index (χ1n) is 11.9. The fourth-order valence-corrected chi connectivity index (χ4v) is 27.6. The van der Waals surface area contributed by atoms with Crippen molar-refractivity contribution in [3.63, 3.8) is 0 Å². The van der Waals surface area contributed by atoms with E-state index in [1.807, 2.05) is 6.56 Å². The maximum Gasteiger partial charge on any atom is -1.00 e. The van der Waals surface area contributed by atoms with E-state index >= 15 is 0 Å². The van der Waals surface area contributed by atoms with Gasteiger partial charge in [0.15, 0.2) is 0 Å². The van der Waals surface area contributed by atoms with Gasteiger partial charge in [-0.2, -0.15) is 0 Å². The number of allylic oxidation sites excluding steroid dienone is 8. The molecule has 1 aromatic rings. The van der Waals surface area contributed by atoms with Crippen LogP contribution in [0.15, 0.2) is 71.3 Å². The second-order valence-corrected chi connectivity index (χ2v) is 26.5. The molecule has 0 bridgehead atoms. The quantitative estimate of drug-likeness (QED) is 0.480. The third kappa shape index (κ3) is 6.17.